The van der Waals surface area contributed by atoms with E-state index in [2.05, 4.69) is 6.92 Å². The minimum Gasteiger partial charge on any atom is -0.496 e. The van der Waals surface area contributed by atoms with Gasteiger partial charge in [0, 0.05) is 5.54 Å². The molecule has 0 aliphatic heterocycles. The van der Waals surface area contributed by atoms with Gasteiger partial charge in [-0.25, -0.2) is 0 Å². The molecule has 108 valence electrons. The van der Waals surface area contributed by atoms with Crippen molar-refractivity contribution in [2.24, 2.45) is 0 Å². The summed E-state index contributed by atoms with van der Waals surface area (Å²) in [5.74, 6) is 1.29. The number of ether oxygens (including phenoxy) is 2. The summed E-state index contributed by atoms with van der Waals surface area (Å²) in [6.07, 6.45) is 0.112. The van der Waals surface area contributed by atoms with Crippen molar-refractivity contribution in [2.75, 3.05) is 28.3 Å². The molecule has 0 bridgehead atoms. The smallest absolute Gasteiger partial charge is 0.128 e. The first kappa shape index (κ1) is 15.8. The maximum Gasteiger partial charge on any atom is 0.128 e. The molecule has 0 saturated carbocycles. The SMILES string of the molecule is CCC(C)(C(O)c1c(OC)cccc1OC)N(C)C. The average molecular weight is 267 g/mol. The first-order chi connectivity index (χ1) is 8.92. The number of methoxy groups -OCH3 is 2. The van der Waals surface area contributed by atoms with Crippen LogP contribution in [0.1, 0.15) is 31.9 Å². The Kier molecular flexibility index (Phi) is 5.20. The van der Waals surface area contributed by atoms with Crippen LogP contribution >= 0.6 is 0 Å². The van der Waals surface area contributed by atoms with Gasteiger partial charge in [-0.3, -0.25) is 0 Å². The molecular formula is C15H25NO3. The van der Waals surface area contributed by atoms with Gasteiger partial charge in [-0.15, -0.1) is 0 Å². The van der Waals surface area contributed by atoms with E-state index in [9.17, 15) is 5.11 Å². The highest BCUT2D eigenvalue weighted by atomic mass is 16.5. The number of rotatable bonds is 6. The van der Waals surface area contributed by atoms with E-state index < -0.39 is 6.10 Å². The molecule has 0 heterocycles. The lowest BCUT2D eigenvalue weighted by molar-refractivity contribution is -0.00173. The third kappa shape index (κ3) is 2.85. The number of likely N-dealkylation sites (N-methyl/N-ethyl adjacent to an activating group) is 1. The number of hydrogen-bond acceptors (Lipinski definition) is 4. The van der Waals surface area contributed by atoms with Crippen LogP contribution in [-0.2, 0) is 0 Å². The van der Waals surface area contributed by atoms with Crippen molar-refractivity contribution in [1.82, 2.24) is 4.90 Å². The van der Waals surface area contributed by atoms with Crippen LogP contribution in [0.25, 0.3) is 0 Å². The summed E-state index contributed by atoms with van der Waals surface area (Å²) in [5.41, 5.74) is 0.313. The maximum absolute atomic E-state index is 10.8. The van der Waals surface area contributed by atoms with Crippen LogP contribution in [0, 0.1) is 0 Å². The van der Waals surface area contributed by atoms with Gasteiger partial charge in [-0.1, -0.05) is 13.0 Å². The van der Waals surface area contributed by atoms with Crippen molar-refractivity contribution < 1.29 is 14.6 Å². The molecule has 1 aromatic carbocycles. The van der Waals surface area contributed by atoms with Crippen LogP contribution in [0.3, 0.4) is 0 Å². The van der Waals surface area contributed by atoms with Crippen molar-refractivity contribution in [1.29, 1.82) is 0 Å². The van der Waals surface area contributed by atoms with E-state index in [0.717, 1.165) is 6.42 Å². The second-order valence-corrected chi connectivity index (χ2v) is 5.08. The largest absolute Gasteiger partial charge is 0.496 e. The van der Waals surface area contributed by atoms with Gasteiger partial charge in [-0.05, 0) is 39.6 Å². The molecule has 0 aliphatic rings. The summed E-state index contributed by atoms with van der Waals surface area (Å²) in [7, 11) is 7.14. The normalized spacial score (nSPS) is 16.0. The fourth-order valence-electron chi connectivity index (χ4n) is 2.21. The second-order valence-electron chi connectivity index (χ2n) is 5.08. The lowest BCUT2D eigenvalue weighted by Gasteiger charge is -2.40. The van der Waals surface area contributed by atoms with Crippen molar-refractivity contribution in [2.45, 2.75) is 31.9 Å². The average Bonchev–Trinajstić information content (AvgIpc) is 2.44. The van der Waals surface area contributed by atoms with Crippen molar-refractivity contribution in [3.05, 3.63) is 23.8 Å². The van der Waals surface area contributed by atoms with E-state index in [1.54, 1.807) is 14.2 Å². The van der Waals surface area contributed by atoms with Crippen molar-refractivity contribution in [3.63, 3.8) is 0 Å². The van der Waals surface area contributed by atoms with Crippen molar-refractivity contribution in [3.8, 4) is 11.5 Å². The van der Waals surface area contributed by atoms with E-state index in [-0.39, 0.29) is 5.54 Å². The Hall–Kier alpha value is -1.26. The molecule has 0 aromatic heterocycles. The zero-order valence-electron chi connectivity index (χ0n) is 12.7. The molecule has 1 N–H and O–H groups in total. The minimum absolute atomic E-state index is 0.387. The Labute approximate surface area is 115 Å². The first-order valence-electron chi connectivity index (χ1n) is 6.48. The van der Waals surface area contributed by atoms with Gasteiger partial charge < -0.3 is 19.5 Å². The molecular weight excluding hydrogens is 242 g/mol. The Bertz CT molecular complexity index is 398. The molecule has 1 aromatic rings. The topological polar surface area (TPSA) is 41.9 Å². The summed E-state index contributed by atoms with van der Waals surface area (Å²) in [4.78, 5) is 2.03. The maximum atomic E-state index is 10.8. The highest BCUT2D eigenvalue weighted by Gasteiger charge is 2.37. The van der Waals surface area contributed by atoms with Crippen LogP contribution in [0.2, 0.25) is 0 Å². The van der Waals surface area contributed by atoms with Crippen LogP contribution in [0.15, 0.2) is 18.2 Å². The van der Waals surface area contributed by atoms with Crippen LogP contribution in [0.5, 0.6) is 11.5 Å². The lowest BCUT2D eigenvalue weighted by Crippen LogP contribution is -2.46. The molecule has 4 heteroatoms. The first-order valence-corrected chi connectivity index (χ1v) is 6.48. The number of aliphatic hydroxyl groups is 1. The lowest BCUT2D eigenvalue weighted by atomic mass is 9.85. The zero-order chi connectivity index (χ0) is 14.6. The number of hydrogen-bond donors (Lipinski definition) is 1. The third-order valence-corrected chi connectivity index (χ3v) is 4.07. The quantitative estimate of drug-likeness (QED) is 0.859. The van der Waals surface area contributed by atoms with Gasteiger partial charge in [0.2, 0.25) is 0 Å². The molecule has 0 radical (unpaired) electrons. The molecule has 2 atom stereocenters. The predicted octanol–water partition coefficient (Wildman–Crippen LogP) is 2.47. The van der Waals surface area contributed by atoms with Gasteiger partial charge in [0.15, 0.2) is 0 Å². The molecule has 4 nitrogen and oxygen atoms in total. The zero-order valence-corrected chi connectivity index (χ0v) is 12.7. The van der Waals surface area contributed by atoms with Crippen LogP contribution in [0.4, 0.5) is 0 Å². The molecule has 0 spiro atoms. The van der Waals surface area contributed by atoms with Crippen molar-refractivity contribution >= 4 is 0 Å². The van der Waals surface area contributed by atoms with E-state index in [1.807, 2.05) is 44.1 Å². The Morgan fingerprint density at radius 3 is 2.00 bits per heavy atom. The van der Waals surface area contributed by atoms with E-state index in [4.69, 9.17) is 9.47 Å². The number of aliphatic hydroxyl groups excluding tert-OH is 1. The molecule has 0 amide bonds. The molecule has 0 saturated heterocycles. The molecule has 1 rings (SSSR count). The summed E-state index contributed by atoms with van der Waals surface area (Å²) in [6, 6.07) is 5.53. The number of nitrogens with zero attached hydrogens (tertiary/aromatic N) is 1. The Balaban J connectivity index is 3.35. The van der Waals surface area contributed by atoms with E-state index in [1.165, 1.54) is 0 Å². The highest BCUT2D eigenvalue weighted by Crippen LogP contribution is 2.41. The summed E-state index contributed by atoms with van der Waals surface area (Å²) in [5, 5.41) is 10.8. The number of benzene rings is 1. The third-order valence-electron chi connectivity index (χ3n) is 4.07. The van der Waals surface area contributed by atoms with E-state index in [0.29, 0.717) is 17.1 Å². The molecule has 2 unspecified atom stereocenters. The van der Waals surface area contributed by atoms with Crippen LogP contribution in [-0.4, -0.2) is 43.9 Å². The van der Waals surface area contributed by atoms with Crippen LogP contribution < -0.4 is 9.47 Å². The van der Waals surface area contributed by atoms with Gasteiger partial charge >= 0.3 is 0 Å². The summed E-state index contributed by atoms with van der Waals surface area (Å²) in [6.45, 7) is 4.09. The van der Waals surface area contributed by atoms with Gasteiger partial charge in [0.25, 0.3) is 0 Å². The molecule has 19 heavy (non-hydrogen) atoms. The predicted molar refractivity (Wildman–Crippen MR) is 76.9 cm³/mol. The van der Waals surface area contributed by atoms with Gasteiger partial charge in [0.1, 0.15) is 17.6 Å². The standard InChI is InChI=1S/C15H25NO3/c1-7-15(2,16(3)4)14(17)13-11(18-5)9-8-10-12(13)19-6/h8-10,14,17H,7H2,1-6H3. The molecule has 0 aliphatic carbocycles. The monoisotopic (exact) mass is 267 g/mol. The highest BCUT2D eigenvalue weighted by molar-refractivity contribution is 5.47. The summed E-state index contributed by atoms with van der Waals surface area (Å²) >= 11 is 0. The summed E-state index contributed by atoms with van der Waals surface area (Å²) < 4.78 is 10.7. The van der Waals surface area contributed by atoms with Gasteiger partial charge in [0.05, 0.1) is 19.8 Å². The van der Waals surface area contributed by atoms with Gasteiger partial charge in [-0.2, -0.15) is 0 Å². The fourth-order valence-corrected chi connectivity index (χ4v) is 2.21. The molecule has 0 fully saturated rings. The minimum atomic E-state index is -0.696. The Morgan fingerprint density at radius 2 is 1.68 bits per heavy atom. The second kappa shape index (κ2) is 6.26. The Morgan fingerprint density at radius 1 is 1.21 bits per heavy atom. The fraction of sp³-hybridized carbons (Fsp3) is 0.600. The van der Waals surface area contributed by atoms with E-state index >= 15 is 0 Å².